The van der Waals surface area contributed by atoms with Crippen LogP contribution in [0, 0.1) is 23.2 Å². The van der Waals surface area contributed by atoms with E-state index in [1.807, 2.05) is 0 Å². The highest BCUT2D eigenvalue weighted by Crippen LogP contribution is 2.60. The Morgan fingerprint density at radius 1 is 1.05 bits per heavy atom. The Balaban J connectivity index is 1.39. The third kappa shape index (κ3) is 2.62. The molecule has 5 aliphatic carbocycles. The van der Waals surface area contributed by atoms with Crippen LogP contribution in [0.3, 0.4) is 0 Å². The predicted octanol–water partition coefficient (Wildman–Crippen LogP) is 1.82. The van der Waals surface area contributed by atoms with Gasteiger partial charge in [-0.1, -0.05) is 0 Å². The maximum absolute atomic E-state index is 12.2. The summed E-state index contributed by atoms with van der Waals surface area (Å²) in [7, 11) is 0. The first-order valence-corrected chi connectivity index (χ1v) is 9.19. The highest BCUT2D eigenvalue weighted by Gasteiger charge is 2.54. The van der Waals surface area contributed by atoms with Crippen molar-refractivity contribution in [1.82, 2.24) is 5.32 Å². The minimum atomic E-state index is 0.0774. The molecule has 0 aliphatic heterocycles. The van der Waals surface area contributed by atoms with Crippen molar-refractivity contribution in [3.8, 4) is 0 Å². The third-order valence-electron chi connectivity index (χ3n) is 6.97. The van der Waals surface area contributed by atoms with Gasteiger partial charge in [-0.3, -0.25) is 4.79 Å². The second kappa shape index (κ2) is 4.97. The molecule has 0 aromatic carbocycles. The van der Waals surface area contributed by atoms with Crippen molar-refractivity contribution in [3.63, 3.8) is 0 Å². The summed E-state index contributed by atoms with van der Waals surface area (Å²) in [6.07, 6.45) is 11.2. The van der Waals surface area contributed by atoms with Crippen molar-refractivity contribution >= 4 is 5.91 Å². The van der Waals surface area contributed by atoms with Gasteiger partial charge in [-0.25, -0.2) is 0 Å². The molecule has 21 heavy (non-hydrogen) atoms. The highest BCUT2D eigenvalue weighted by molar-refractivity contribution is 5.80. The molecule has 2 atom stereocenters. The molecule has 0 spiro atoms. The molecule has 0 saturated heterocycles. The van der Waals surface area contributed by atoms with E-state index in [1.54, 1.807) is 0 Å². The lowest BCUT2D eigenvalue weighted by atomic mass is 9.48. The number of carbonyl (C=O) groups is 1. The Morgan fingerprint density at radius 2 is 1.57 bits per heavy atom. The van der Waals surface area contributed by atoms with Crippen LogP contribution in [-0.2, 0) is 4.79 Å². The Labute approximate surface area is 128 Å². The second-order valence-corrected chi connectivity index (χ2v) is 8.83. The Kier molecular flexibility index (Phi) is 3.33. The van der Waals surface area contributed by atoms with Crippen molar-refractivity contribution < 1.29 is 10.1 Å². The molecule has 1 amide bonds. The molecule has 4 bridgehead atoms. The Bertz CT molecular complexity index is 394. The Hall–Kier alpha value is -0.570. The maximum Gasteiger partial charge on any atom is 0.278 e. The van der Waals surface area contributed by atoms with Crippen LogP contribution < -0.4 is 10.6 Å². The van der Waals surface area contributed by atoms with Crippen molar-refractivity contribution in [2.45, 2.75) is 83.3 Å². The molecule has 5 saturated carbocycles. The highest BCUT2D eigenvalue weighted by atomic mass is 16.2. The number of hydrogen-bond donors (Lipinski definition) is 2. The number of carbonyl (C=O) groups excluding carboxylic acids is 1. The summed E-state index contributed by atoms with van der Waals surface area (Å²) in [5.74, 6) is 3.27. The number of quaternary nitrogens is 1. The van der Waals surface area contributed by atoms with Crippen LogP contribution in [0.2, 0.25) is 0 Å². The number of amides is 1. The largest absolute Gasteiger partial charge is 0.348 e. The minimum absolute atomic E-state index is 0.0774. The van der Waals surface area contributed by atoms with Crippen LogP contribution in [-0.4, -0.2) is 24.0 Å². The van der Waals surface area contributed by atoms with Gasteiger partial charge in [-0.15, -0.1) is 0 Å². The van der Waals surface area contributed by atoms with Gasteiger partial charge < -0.3 is 10.6 Å². The van der Waals surface area contributed by atoms with Crippen LogP contribution in [0.1, 0.15) is 65.2 Å². The van der Waals surface area contributed by atoms with E-state index in [-0.39, 0.29) is 11.9 Å². The first-order valence-electron chi connectivity index (χ1n) is 9.19. The topological polar surface area (TPSA) is 45.7 Å². The fraction of sp³-hybridized carbons (Fsp3) is 0.944. The second-order valence-electron chi connectivity index (χ2n) is 8.83. The summed E-state index contributed by atoms with van der Waals surface area (Å²) in [4.78, 5) is 12.2. The van der Waals surface area contributed by atoms with Gasteiger partial charge >= 0.3 is 0 Å². The van der Waals surface area contributed by atoms with Crippen molar-refractivity contribution in [2.75, 3.05) is 0 Å². The first-order chi connectivity index (χ1) is 10.0. The number of rotatable bonds is 5. The fourth-order valence-corrected chi connectivity index (χ4v) is 6.02. The summed E-state index contributed by atoms with van der Waals surface area (Å²) >= 11 is 0. The van der Waals surface area contributed by atoms with E-state index in [9.17, 15) is 4.79 Å². The molecule has 5 rings (SSSR count). The molecular weight excluding hydrogens is 260 g/mol. The molecule has 0 aromatic heterocycles. The zero-order chi connectivity index (χ0) is 14.6. The molecule has 0 radical (unpaired) electrons. The molecule has 5 aliphatic rings. The lowest BCUT2D eigenvalue weighted by molar-refractivity contribution is -0.719. The lowest BCUT2D eigenvalue weighted by Crippen LogP contribution is -2.98. The van der Waals surface area contributed by atoms with Crippen molar-refractivity contribution in [3.05, 3.63) is 0 Å². The number of hydrogen-bond acceptors (Lipinski definition) is 1. The van der Waals surface area contributed by atoms with Gasteiger partial charge in [0.2, 0.25) is 0 Å². The van der Waals surface area contributed by atoms with Crippen LogP contribution in [0.25, 0.3) is 0 Å². The average molecular weight is 291 g/mol. The normalized spacial score (nSPS) is 43.6. The van der Waals surface area contributed by atoms with Crippen molar-refractivity contribution in [1.29, 1.82) is 0 Å². The third-order valence-corrected chi connectivity index (χ3v) is 6.97. The van der Waals surface area contributed by atoms with Gasteiger partial charge in [-0.05, 0) is 83.0 Å². The standard InChI is InChI=1S/C18H30N2O/c1-11(17(21)20-16-3-4-16)19-12(2)18-8-13-5-14(9-18)7-15(6-13)10-18/h11-16,19H,3-10H2,1-2H3,(H,20,21)/p+1/t11-,12+,13?,14?,15?,18?/m1/s1. The minimum Gasteiger partial charge on any atom is -0.348 e. The SMILES string of the molecule is C[C@H]([NH2+][C@H](C)C(=O)NC1CC1)C12CC3CC(CC(C3)C1)C2. The number of nitrogens with two attached hydrogens (primary N) is 1. The Morgan fingerprint density at radius 3 is 2.05 bits per heavy atom. The molecule has 118 valence electrons. The zero-order valence-electron chi connectivity index (χ0n) is 13.6. The van der Waals surface area contributed by atoms with Gasteiger partial charge in [0.05, 0.1) is 6.04 Å². The van der Waals surface area contributed by atoms with Crippen LogP contribution in [0.15, 0.2) is 0 Å². The van der Waals surface area contributed by atoms with Gasteiger partial charge in [0.1, 0.15) is 0 Å². The summed E-state index contributed by atoms with van der Waals surface area (Å²) in [6, 6.07) is 1.17. The van der Waals surface area contributed by atoms with E-state index >= 15 is 0 Å². The quantitative estimate of drug-likeness (QED) is 0.797. The first kappa shape index (κ1) is 14.0. The summed E-state index contributed by atoms with van der Waals surface area (Å²) in [5.41, 5.74) is 0.545. The molecule has 0 unspecified atom stereocenters. The molecule has 0 heterocycles. The van der Waals surface area contributed by atoms with E-state index in [4.69, 9.17) is 0 Å². The van der Waals surface area contributed by atoms with Gasteiger partial charge in [-0.2, -0.15) is 0 Å². The van der Waals surface area contributed by atoms with Gasteiger partial charge in [0.25, 0.3) is 5.91 Å². The average Bonchev–Trinajstić information content (AvgIpc) is 3.20. The summed E-state index contributed by atoms with van der Waals surface area (Å²) < 4.78 is 0. The summed E-state index contributed by atoms with van der Waals surface area (Å²) in [5, 5.41) is 5.54. The smallest absolute Gasteiger partial charge is 0.278 e. The van der Waals surface area contributed by atoms with Crippen molar-refractivity contribution in [2.24, 2.45) is 23.2 Å². The predicted molar refractivity (Wildman–Crippen MR) is 82.6 cm³/mol. The zero-order valence-corrected chi connectivity index (χ0v) is 13.6. The monoisotopic (exact) mass is 291 g/mol. The van der Waals surface area contributed by atoms with E-state index in [1.165, 1.54) is 51.4 Å². The van der Waals surface area contributed by atoms with Crippen LogP contribution in [0.5, 0.6) is 0 Å². The molecule has 3 nitrogen and oxygen atoms in total. The summed E-state index contributed by atoms with van der Waals surface area (Å²) in [6.45, 7) is 4.49. The fourth-order valence-electron chi connectivity index (χ4n) is 6.02. The molecule has 5 fully saturated rings. The number of nitrogens with one attached hydrogen (secondary N) is 1. The lowest BCUT2D eigenvalue weighted by Gasteiger charge is -2.58. The van der Waals surface area contributed by atoms with E-state index in [0.717, 1.165) is 17.8 Å². The molecule has 3 heteroatoms. The van der Waals surface area contributed by atoms with E-state index in [2.05, 4.69) is 24.5 Å². The molecule has 0 aromatic rings. The molecule has 3 N–H and O–H groups in total. The maximum atomic E-state index is 12.2. The van der Waals surface area contributed by atoms with E-state index in [0.29, 0.717) is 17.5 Å². The van der Waals surface area contributed by atoms with Crippen LogP contribution in [0.4, 0.5) is 0 Å². The van der Waals surface area contributed by atoms with Gasteiger partial charge in [0.15, 0.2) is 6.04 Å². The molecular formula is C18H31N2O+. The van der Waals surface area contributed by atoms with E-state index < -0.39 is 0 Å². The van der Waals surface area contributed by atoms with Gasteiger partial charge in [0, 0.05) is 11.5 Å². The van der Waals surface area contributed by atoms with Crippen LogP contribution >= 0.6 is 0 Å².